The van der Waals surface area contributed by atoms with Crippen molar-refractivity contribution >= 4 is 29.1 Å². The standard InChI is InChI=1S/C12H10Cl2N2O2/c13-8-5-9(16-11(8)14)12(18)15-6-7-3-1-2-4-10(7)17/h1-5,16-17H,6H2,(H,15,18). The molecule has 0 unspecified atom stereocenters. The quantitative estimate of drug-likeness (QED) is 0.811. The SMILES string of the molecule is O=C(NCc1ccccc1O)c1cc(Cl)c(Cl)[nH]1. The molecule has 94 valence electrons. The monoisotopic (exact) mass is 284 g/mol. The number of carbonyl (C=O) groups is 1. The van der Waals surface area contributed by atoms with Crippen LogP contribution >= 0.6 is 23.2 Å². The third kappa shape index (κ3) is 2.78. The lowest BCUT2D eigenvalue weighted by atomic mass is 10.2. The Balaban J connectivity index is 2.03. The van der Waals surface area contributed by atoms with Crippen LogP contribution in [0.4, 0.5) is 0 Å². The number of benzene rings is 1. The van der Waals surface area contributed by atoms with Gasteiger partial charge in [0.25, 0.3) is 5.91 Å². The van der Waals surface area contributed by atoms with Crippen molar-refractivity contribution in [2.75, 3.05) is 0 Å². The van der Waals surface area contributed by atoms with Gasteiger partial charge < -0.3 is 15.4 Å². The van der Waals surface area contributed by atoms with Crippen molar-refractivity contribution in [1.29, 1.82) is 0 Å². The van der Waals surface area contributed by atoms with Crippen molar-refractivity contribution in [3.05, 3.63) is 51.8 Å². The molecule has 2 aromatic rings. The van der Waals surface area contributed by atoms with Crippen LogP contribution in [0.3, 0.4) is 0 Å². The molecule has 0 fully saturated rings. The first-order valence-corrected chi connectivity index (χ1v) is 5.92. The van der Waals surface area contributed by atoms with Gasteiger partial charge in [0.15, 0.2) is 0 Å². The molecule has 0 bridgehead atoms. The number of hydrogen-bond acceptors (Lipinski definition) is 2. The Morgan fingerprint density at radius 1 is 1.33 bits per heavy atom. The second-order valence-electron chi connectivity index (χ2n) is 3.66. The van der Waals surface area contributed by atoms with Gasteiger partial charge >= 0.3 is 0 Å². The first-order valence-electron chi connectivity index (χ1n) is 5.17. The number of H-pyrrole nitrogens is 1. The van der Waals surface area contributed by atoms with Gasteiger partial charge in [0.05, 0.1) is 5.02 Å². The Morgan fingerprint density at radius 3 is 2.67 bits per heavy atom. The van der Waals surface area contributed by atoms with Crippen LogP contribution in [0.1, 0.15) is 16.1 Å². The highest BCUT2D eigenvalue weighted by Gasteiger charge is 2.11. The summed E-state index contributed by atoms with van der Waals surface area (Å²) in [6, 6.07) is 8.23. The zero-order valence-electron chi connectivity index (χ0n) is 9.21. The third-order valence-electron chi connectivity index (χ3n) is 2.40. The van der Waals surface area contributed by atoms with Gasteiger partial charge in [-0.2, -0.15) is 0 Å². The first kappa shape index (κ1) is 12.8. The number of rotatable bonds is 3. The maximum absolute atomic E-state index is 11.8. The number of aromatic nitrogens is 1. The minimum Gasteiger partial charge on any atom is -0.508 e. The molecule has 0 spiro atoms. The summed E-state index contributed by atoms with van der Waals surface area (Å²) in [5.41, 5.74) is 0.912. The molecule has 3 N–H and O–H groups in total. The molecular weight excluding hydrogens is 275 g/mol. The number of hydrogen-bond donors (Lipinski definition) is 3. The number of nitrogens with one attached hydrogen (secondary N) is 2. The van der Waals surface area contributed by atoms with Crippen LogP contribution in [0, 0.1) is 0 Å². The largest absolute Gasteiger partial charge is 0.508 e. The van der Waals surface area contributed by atoms with Gasteiger partial charge in [-0.3, -0.25) is 4.79 Å². The molecule has 0 aliphatic heterocycles. The van der Waals surface area contributed by atoms with Gasteiger partial charge in [-0.25, -0.2) is 0 Å². The fourth-order valence-corrected chi connectivity index (χ4v) is 1.77. The molecule has 0 saturated heterocycles. The van der Waals surface area contributed by atoms with Crippen molar-refractivity contribution in [2.45, 2.75) is 6.54 Å². The van der Waals surface area contributed by atoms with E-state index in [-0.39, 0.29) is 29.0 Å². The number of aromatic hydroxyl groups is 1. The Morgan fingerprint density at radius 2 is 2.06 bits per heavy atom. The maximum Gasteiger partial charge on any atom is 0.268 e. The number of carbonyl (C=O) groups excluding carboxylic acids is 1. The van der Waals surface area contributed by atoms with Crippen molar-refractivity contribution in [1.82, 2.24) is 10.3 Å². The van der Waals surface area contributed by atoms with Crippen LogP contribution in [0.2, 0.25) is 10.2 Å². The van der Waals surface area contributed by atoms with Gasteiger partial charge in [-0.1, -0.05) is 41.4 Å². The molecule has 0 radical (unpaired) electrons. The fraction of sp³-hybridized carbons (Fsp3) is 0.0833. The summed E-state index contributed by atoms with van der Waals surface area (Å²) in [4.78, 5) is 14.4. The van der Waals surface area contributed by atoms with Crippen molar-refractivity contribution < 1.29 is 9.90 Å². The topological polar surface area (TPSA) is 65.1 Å². The molecule has 2 rings (SSSR count). The highest BCUT2D eigenvalue weighted by atomic mass is 35.5. The number of phenols is 1. The zero-order valence-corrected chi connectivity index (χ0v) is 10.7. The smallest absolute Gasteiger partial charge is 0.268 e. The minimum absolute atomic E-state index is 0.139. The van der Waals surface area contributed by atoms with E-state index in [4.69, 9.17) is 23.2 Å². The van der Waals surface area contributed by atoms with Crippen LogP contribution in [0.25, 0.3) is 0 Å². The van der Waals surface area contributed by atoms with E-state index in [1.807, 2.05) is 0 Å². The molecule has 1 amide bonds. The van der Waals surface area contributed by atoms with Crippen LogP contribution in [-0.2, 0) is 6.54 Å². The summed E-state index contributed by atoms with van der Waals surface area (Å²) in [5.74, 6) is -0.201. The van der Waals surface area contributed by atoms with E-state index in [0.29, 0.717) is 10.6 Å². The molecule has 0 aliphatic rings. The Labute approximate surface area is 114 Å². The van der Waals surface area contributed by atoms with Crippen LogP contribution in [0.15, 0.2) is 30.3 Å². The summed E-state index contributed by atoms with van der Waals surface area (Å²) >= 11 is 11.4. The second-order valence-corrected chi connectivity index (χ2v) is 4.44. The molecule has 1 aromatic heterocycles. The average Bonchev–Trinajstić information content (AvgIpc) is 2.68. The van der Waals surface area contributed by atoms with E-state index < -0.39 is 0 Å². The molecule has 0 atom stereocenters. The molecule has 4 nitrogen and oxygen atoms in total. The van der Waals surface area contributed by atoms with Gasteiger partial charge in [-0.05, 0) is 12.1 Å². The van der Waals surface area contributed by atoms with Crippen molar-refractivity contribution in [3.63, 3.8) is 0 Å². The Kier molecular flexibility index (Phi) is 3.79. The Bertz CT molecular complexity index is 562. The van der Waals surface area contributed by atoms with Gasteiger partial charge in [0.2, 0.25) is 0 Å². The van der Waals surface area contributed by atoms with E-state index in [2.05, 4.69) is 10.3 Å². The van der Waals surface area contributed by atoms with Gasteiger partial charge in [-0.15, -0.1) is 0 Å². The third-order valence-corrected chi connectivity index (χ3v) is 3.09. The van der Waals surface area contributed by atoms with Gasteiger partial charge in [0.1, 0.15) is 16.6 Å². The first-order chi connectivity index (χ1) is 8.58. The molecule has 0 aliphatic carbocycles. The Hall–Kier alpha value is -1.65. The lowest BCUT2D eigenvalue weighted by molar-refractivity contribution is 0.0946. The summed E-state index contributed by atoms with van der Waals surface area (Å²) in [5, 5.41) is 12.7. The summed E-state index contributed by atoms with van der Waals surface area (Å²) in [7, 11) is 0. The molecule has 0 saturated carbocycles. The lowest BCUT2D eigenvalue weighted by Crippen LogP contribution is -2.23. The van der Waals surface area contributed by atoms with Gasteiger partial charge in [0, 0.05) is 12.1 Å². The molecule has 1 heterocycles. The number of halogens is 2. The fourth-order valence-electron chi connectivity index (χ4n) is 1.46. The van der Waals surface area contributed by atoms with Crippen molar-refractivity contribution in [3.8, 4) is 5.75 Å². The number of aromatic amines is 1. The normalized spacial score (nSPS) is 10.3. The molecule has 6 heteroatoms. The minimum atomic E-state index is -0.341. The molecule has 1 aromatic carbocycles. The predicted octanol–water partition coefficient (Wildman–Crippen LogP) is 2.96. The van der Waals surface area contributed by atoms with Crippen molar-refractivity contribution in [2.24, 2.45) is 0 Å². The molecule has 18 heavy (non-hydrogen) atoms. The average molecular weight is 285 g/mol. The molecular formula is C12H10Cl2N2O2. The zero-order chi connectivity index (χ0) is 13.1. The van der Waals surface area contributed by atoms with Crippen LogP contribution in [0.5, 0.6) is 5.75 Å². The number of phenolic OH excluding ortho intramolecular Hbond substituents is 1. The van der Waals surface area contributed by atoms with Crippen LogP contribution in [-0.4, -0.2) is 16.0 Å². The second kappa shape index (κ2) is 5.33. The summed E-state index contributed by atoms with van der Waals surface area (Å²) < 4.78 is 0. The van der Waals surface area contributed by atoms with Crippen LogP contribution < -0.4 is 5.32 Å². The van der Waals surface area contributed by atoms with E-state index in [9.17, 15) is 9.90 Å². The summed E-state index contributed by atoms with van der Waals surface area (Å²) in [6.07, 6.45) is 0. The number of para-hydroxylation sites is 1. The summed E-state index contributed by atoms with van der Waals surface area (Å²) in [6.45, 7) is 0.222. The maximum atomic E-state index is 11.8. The highest BCUT2D eigenvalue weighted by Crippen LogP contribution is 2.22. The number of amides is 1. The van der Waals surface area contributed by atoms with E-state index in [1.54, 1.807) is 24.3 Å². The van der Waals surface area contributed by atoms with E-state index in [1.165, 1.54) is 6.07 Å². The van der Waals surface area contributed by atoms with E-state index in [0.717, 1.165) is 0 Å². The van der Waals surface area contributed by atoms with E-state index >= 15 is 0 Å². The lowest BCUT2D eigenvalue weighted by Gasteiger charge is -2.05. The predicted molar refractivity (Wildman–Crippen MR) is 70.1 cm³/mol. The highest BCUT2D eigenvalue weighted by molar-refractivity contribution is 6.41.